The molecule has 21 heavy (non-hydrogen) atoms. The maximum atomic E-state index is 10.1. The van der Waals surface area contributed by atoms with E-state index in [4.69, 9.17) is 0 Å². The van der Waals surface area contributed by atoms with E-state index in [2.05, 4.69) is 24.1 Å². The van der Waals surface area contributed by atoms with Crippen LogP contribution in [-0.4, -0.2) is 27.8 Å². The number of fused-ring (bicyclic) bond motifs is 1. The van der Waals surface area contributed by atoms with Gasteiger partial charge in [-0.3, -0.25) is 4.98 Å². The number of aliphatic hydroxyl groups is 1. The van der Waals surface area contributed by atoms with E-state index >= 15 is 0 Å². The third-order valence-electron chi connectivity index (χ3n) is 3.54. The summed E-state index contributed by atoms with van der Waals surface area (Å²) in [6.45, 7) is 6.90. The first-order chi connectivity index (χ1) is 9.99. The molecule has 3 N–H and O–H groups in total. The Morgan fingerprint density at radius 1 is 1.24 bits per heavy atom. The fraction of sp³-hybridized carbons (Fsp3) is 0.471. The SMILES string of the molecule is Cc1ccc2nc(CN[C@H](CO)CC(C)C)cc(O)c2c1. The lowest BCUT2D eigenvalue weighted by atomic mass is 10.0. The molecule has 4 nitrogen and oxygen atoms in total. The molecule has 0 aliphatic rings. The van der Waals surface area contributed by atoms with Crippen LogP contribution in [0.15, 0.2) is 24.3 Å². The number of hydrogen-bond donors (Lipinski definition) is 3. The van der Waals surface area contributed by atoms with Crippen molar-refractivity contribution in [2.75, 3.05) is 6.61 Å². The molecule has 0 amide bonds. The third-order valence-corrected chi connectivity index (χ3v) is 3.54. The van der Waals surface area contributed by atoms with Crippen LogP contribution in [0.5, 0.6) is 5.75 Å². The fourth-order valence-electron chi connectivity index (χ4n) is 2.51. The molecule has 1 aromatic carbocycles. The van der Waals surface area contributed by atoms with Crippen molar-refractivity contribution in [2.45, 2.75) is 39.8 Å². The number of hydrogen-bond acceptors (Lipinski definition) is 4. The Kier molecular flexibility index (Phi) is 5.15. The summed E-state index contributed by atoms with van der Waals surface area (Å²) in [6.07, 6.45) is 0.912. The zero-order valence-corrected chi connectivity index (χ0v) is 12.9. The van der Waals surface area contributed by atoms with Crippen LogP contribution in [0.1, 0.15) is 31.5 Å². The minimum absolute atomic E-state index is 0.0580. The molecule has 1 atom stereocenters. The summed E-state index contributed by atoms with van der Waals surface area (Å²) < 4.78 is 0. The van der Waals surface area contributed by atoms with Crippen LogP contribution in [0.3, 0.4) is 0 Å². The lowest BCUT2D eigenvalue weighted by Crippen LogP contribution is -2.33. The van der Waals surface area contributed by atoms with Gasteiger partial charge < -0.3 is 15.5 Å². The second-order valence-corrected chi connectivity index (χ2v) is 6.04. The van der Waals surface area contributed by atoms with Gasteiger partial charge in [0.15, 0.2) is 0 Å². The Morgan fingerprint density at radius 2 is 2.00 bits per heavy atom. The number of nitrogens with zero attached hydrogens (tertiary/aromatic N) is 1. The highest BCUT2D eigenvalue weighted by atomic mass is 16.3. The number of pyridine rings is 1. The van der Waals surface area contributed by atoms with Crippen LogP contribution in [0.2, 0.25) is 0 Å². The first-order valence-electron chi connectivity index (χ1n) is 7.43. The average Bonchev–Trinajstić information content (AvgIpc) is 2.44. The minimum Gasteiger partial charge on any atom is -0.507 e. The van der Waals surface area contributed by atoms with Crippen molar-refractivity contribution >= 4 is 10.9 Å². The van der Waals surface area contributed by atoms with Gasteiger partial charge in [0.25, 0.3) is 0 Å². The average molecular weight is 288 g/mol. The number of aryl methyl sites for hydroxylation is 1. The molecule has 0 saturated carbocycles. The van der Waals surface area contributed by atoms with Gasteiger partial charge in [-0.1, -0.05) is 25.5 Å². The van der Waals surface area contributed by atoms with Gasteiger partial charge in [-0.15, -0.1) is 0 Å². The van der Waals surface area contributed by atoms with Crippen molar-refractivity contribution < 1.29 is 10.2 Å². The zero-order chi connectivity index (χ0) is 15.4. The lowest BCUT2D eigenvalue weighted by Gasteiger charge is -2.18. The van der Waals surface area contributed by atoms with E-state index in [-0.39, 0.29) is 18.4 Å². The summed E-state index contributed by atoms with van der Waals surface area (Å²) in [7, 11) is 0. The summed E-state index contributed by atoms with van der Waals surface area (Å²) in [5.41, 5.74) is 2.68. The van der Waals surface area contributed by atoms with Gasteiger partial charge in [0.1, 0.15) is 5.75 Å². The van der Waals surface area contributed by atoms with E-state index in [0.717, 1.165) is 28.6 Å². The van der Waals surface area contributed by atoms with Gasteiger partial charge in [-0.2, -0.15) is 0 Å². The maximum absolute atomic E-state index is 10.1. The summed E-state index contributed by atoms with van der Waals surface area (Å²) in [5.74, 6) is 0.778. The van der Waals surface area contributed by atoms with E-state index in [9.17, 15) is 10.2 Å². The van der Waals surface area contributed by atoms with Crippen LogP contribution in [-0.2, 0) is 6.54 Å². The predicted molar refractivity (Wildman–Crippen MR) is 85.3 cm³/mol. The molecule has 0 bridgehead atoms. The summed E-state index contributed by atoms with van der Waals surface area (Å²) >= 11 is 0. The Morgan fingerprint density at radius 3 is 2.67 bits per heavy atom. The minimum atomic E-state index is 0.0580. The number of nitrogens with one attached hydrogen (secondary N) is 1. The summed E-state index contributed by atoms with van der Waals surface area (Å²) in [6, 6.07) is 7.60. The van der Waals surface area contributed by atoms with Crippen LogP contribution in [0, 0.1) is 12.8 Å². The van der Waals surface area contributed by atoms with Crippen LogP contribution in [0.25, 0.3) is 10.9 Å². The highest BCUT2D eigenvalue weighted by molar-refractivity contribution is 5.85. The van der Waals surface area contributed by atoms with E-state index in [0.29, 0.717) is 12.5 Å². The van der Waals surface area contributed by atoms with Crippen molar-refractivity contribution in [1.82, 2.24) is 10.3 Å². The summed E-state index contributed by atoms with van der Waals surface area (Å²) in [5, 5.41) is 23.6. The molecule has 0 aliphatic carbocycles. The van der Waals surface area contributed by atoms with Gasteiger partial charge in [-0.25, -0.2) is 0 Å². The normalized spacial score (nSPS) is 13.0. The molecule has 1 heterocycles. The topological polar surface area (TPSA) is 65.4 Å². The van der Waals surface area contributed by atoms with Crippen molar-refractivity contribution in [3.05, 3.63) is 35.5 Å². The second-order valence-electron chi connectivity index (χ2n) is 6.04. The van der Waals surface area contributed by atoms with Crippen LogP contribution >= 0.6 is 0 Å². The molecule has 0 unspecified atom stereocenters. The first-order valence-corrected chi connectivity index (χ1v) is 7.43. The van der Waals surface area contributed by atoms with Gasteiger partial charge in [-0.05, 0) is 31.4 Å². The first kappa shape index (κ1) is 15.7. The van der Waals surface area contributed by atoms with Crippen LogP contribution < -0.4 is 5.32 Å². The zero-order valence-electron chi connectivity index (χ0n) is 12.9. The molecule has 114 valence electrons. The number of aliphatic hydroxyl groups excluding tert-OH is 1. The van der Waals surface area contributed by atoms with Gasteiger partial charge in [0.2, 0.25) is 0 Å². The Bertz CT molecular complexity index is 611. The van der Waals surface area contributed by atoms with Gasteiger partial charge in [0.05, 0.1) is 17.8 Å². The molecule has 0 saturated heterocycles. The van der Waals surface area contributed by atoms with E-state index in [1.807, 2.05) is 25.1 Å². The van der Waals surface area contributed by atoms with Crippen molar-refractivity contribution in [3.8, 4) is 5.75 Å². The van der Waals surface area contributed by atoms with E-state index < -0.39 is 0 Å². The Labute approximate surface area is 125 Å². The standard InChI is InChI=1S/C17H24N2O2/c1-11(2)6-14(10-20)18-9-13-8-17(21)15-7-12(3)4-5-16(15)19-13/h4-5,7-8,11,14,18,20H,6,9-10H2,1-3H3,(H,19,21)/t14-/m0/s1. The molecular formula is C17H24N2O2. The van der Waals surface area contributed by atoms with E-state index in [1.54, 1.807) is 6.07 Å². The van der Waals surface area contributed by atoms with Gasteiger partial charge in [0, 0.05) is 24.0 Å². The smallest absolute Gasteiger partial charge is 0.126 e. The maximum Gasteiger partial charge on any atom is 0.126 e. The molecule has 0 aliphatic heterocycles. The predicted octanol–water partition coefficient (Wildman–Crippen LogP) is 2.75. The highest BCUT2D eigenvalue weighted by Crippen LogP contribution is 2.25. The quantitative estimate of drug-likeness (QED) is 0.764. The van der Waals surface area contributed by atoms with Gasteiger partial charge >= 0.3 is 0 Å². The Balaban J connectivity index is 2.14. The van der Waals surface area contributed by atoms with Crippen molar-refractivity contribution in [2.24, 2.45) is 5.92 Å². The molecule has 4 heteroatoms. The number of aromatic nitrogens is 1. The second kappa shape index (κ2) is 6.87. The molecule has 0 spiro atoms. The summed E-state index contributed by atoms with van der Waals surface area (Å²) in [4.78, 5) is 4.56. The lowest BCUT2D eigenvalue weighted by molar-refractivity contribution is 0.223. The molecule has 2 aromatic rings. The number of aromatic hydroxyl groups is 1. The molecule has 0 radical (unpaired) electrons. The van der Waals surface area contributed by atoms with E-state index in [1.165, 1.54) is 0 Å². The van der Waals surface area contributed by atoms with Crippen molar-refractivity contribution in [1.29, 1.82) is 0 Å². The fourth-order valence-corrected chi connectivity index (χ4v) is 2.51. The highest BCUT2D eigenvalue weighted by Gasteiger charge is 2.11. The molecule has 1 aromatic heterocycles. The monoisotopic (exact) mass is 288 g/mol. The number of rotatable bonds is 6. The number of benzene rings is 1. The third kappa shape index (κ3) is 4.16. The molecule has 2 rings (SSSR count). The van der Waals surface area contributed by atoms with Crippen LogP contribution in [0.4, 0.5) is 0 Å². The largest absolute Gasteiger partial charge is 0.507 e. The molecular weight excluding hydrogens is 264 g/mol. The molecule has 0 fully saturated rings. The Hall–Kier alpha value is -1.65. The van der Waals surface area contributed by atoms with Crippen molar-refractivity contribution in [3.63, 3.8) is 0 Å².